The van der Waals surface area contributed by atoms with Gasteiger partial charge in [-0.05, 0) is 11.5 Å². The van der Waals surface area contributed by atoms with E-state index < -0.39 is 0 Å². The average Bonchev–Trinajstić information content (AvgIpc) is 2.92. The molecular formula is C15H10N2O2S. The normalized spacial score (nSPS) is 11.7. The van der Waals surface area contributed by atoms with Crippen LogP contribution in [0.2, 0.25) is 0 Å². The Bertz CT molecular complexity index is 1020. The Labute approximate surface area is 117 Å². The Morgan fingerprint density at radius 2 is 1.95 bits per heavy atom. The van der Waals surface area contributed by atoms with E-state index in [2.05, 4.69) is 9.97 Å². The quantitative estimate of drug-likeness (QED) is 0.528. The van der Waals surface area contributed by atoms with Crippen LogP contribution in [-0.2, 0) is 6.61 Å². The molecule has 4 rings (SSSR count). The molecule has 0 saturated carbocycles. The fourth-order valence-corrected chi connectivity index (χ4v) is 3.61. The highest BCUT2D eigenvalue weighted by Crippen LogP contribution is 2.36. The van der Waals surface area contributed by atoms with Crippen LogP contribution in [0.3, 0.4) is 0 Å². The van der Waals surface area contributed by atoms with Crippen molar-refractivity contribution in [3.63, 3.8) is 0 Å². The Morgan fingerprint density at radius 3 is 2.75 bits per heavy atom. The molecule has 0 fully saturated rings. The molecule has 0 atom stereocenters. The zero-order valence-corrected chi connectivity index (χ0v) is 11.2. The molecule has 2 aromatic heterocycles. The number of nitrogens with one attached hydrogen (secondary N) is 1. The van der Waals surface area contributed by atoms with Gasteiger partial charge in [0.25, 0.3) is 5.56 Å². The maximum absolute atomic E-state index is 12.2. The number of benzene rings is 2. The molecule has 0 aliphatic rings. The van der Waals surface area contributed by atoms with E-state index in [1.54, 1.807) is 6.20 Å². The van der Waals surface area contributed by atoms with Crippen molar-refractivity contribution >= 4 is 43.1 Å². The molecular weight excluding hydrogens is 272 g/mol. The lowest BCUT2D eigenvalue weighted by molar-refractivity contribution is 0.281. The molecule has 0 aliphatic carbocycles. The summed E-state index contributed by atoms with van der Waals surface area (Å²) >= 11 is 1.44. The number of pyridine rings is 1. The van der Waals surface area contributed by atoms with E-state index in [1.165, 1.54) is 11.3 Å². The lowest BCUT2D eigenvalue weighted by atomic mass is 10.0. The summed E-state index contributed by atoms with van der Waals surface area (Å²) in [6.07, 6.45) is 1.65. The van der Waals surface area contributed by atoms with Gasteiger partial charge in [-0.15, -0.1) is 11.3 Å². The summed E-state index contributed by atoms with van der Waals surface area (Å²) in [5, 5.41) is 13.4. The van der Waals surface area contributed by atoms with Crippen molar-refractivity contribution in [2.75, 3.05) is 0 Å². The van der Waals surface area contributed by atoms with Crippen LogP contribution in [0.25, 0.3) is 31.8 Å². The standard InChI is InChI=1S/C15H10N2O2S/c18-7-11-17-13-9-4-2-1-3-8(9)12-10(14(13)20-11)5-6-16-15(12)19/h1-6,18H,7H2,(H,16,19). The van der Waals surface area contributed by atoms with Crippen LogP contribution in [0.4, 0.5) is 0 Å². The maximum atomic E-state index is 12.2. The second-order valence-corrected chi connectivity index (χ2v) is 5.67. The van der Waals surface area contributed by atoms with Crippen molar-refractivity contribution in [1.29, 1.82) is 0 Å². The minimum Gasteiger partial charge on any atom is -0.389 e. The third kappa shape index (κ3) is 1.44. The van der Waals surface area contributed by atoms with Crippen LogP contribution in [-0.4, -0.2) is 15.1 Å². The molecule has 0 bridgehead atoms. The van der Waals surface area contributed by atoms with Crippen molar-refractivity contribution in [1.82, 2.24) is 9.97 Å². The molecule has 2 aromatic carbocycles. The van der Waals surface area contributed by atoms with Gasteiger partial charge in [0.2, 0.25) is 0 Å². The molecule has 0 spiro atoms. The zero-order chi connectivity index (χ0) is 13.7. The third-order valence-corrected chi connectivity index (χ3v) is 4.54. The molecule has 98 valence electrons. The van der Waals surface area contributed by atoms with Gasteiger partial charge in [-0.1, -0.05) is 24.3 Å². The van der Waals surface area contributed by atoms with Gasteiger partial charge in [0, 0.05) is 17.0 Å². The fourth-order valence-electron chi connectivity index (χ4n) is 2.64. The average molecular weight is 282 g/mol. The summed E-state index contributed by atoms with van der Waals surface area (Å²) in [7, 11) is 0. The van der Waals surface area contributed by atoms with E-state index >= 15 is 0 Å². The van der Waals surface area contributed by atoms with Gasteiger partial charge in [0.1, 0.15) is 5.01 Å². The lowest BCUT2D eigenvalue weighted by Crippen LogP contribution is -2.05. The van der Waals surface area contributed by atoms with E-state index in [0.29, 0.717) is 10.4 Å². The number of nitrogens with zero attached hydrogens (tertiary/aromatic N) is 1. The molecule has 0 radical (unpaired) electrons. The molecule has 0 amide bonds. The molecule has 0 aliphatic heterocycles. The molecule has 2 N–H and O–H groups in total. The summed E-state index contributed by atoms with van der Waals surface area (Å²) < 4.78 is 0.953. The number of thiazole rings is 1. The predicted molar refractivity (Wildman–Crippen MR) is 81.2 cm³/mol. The van der Waals surface area contributed by atoms with Crippen LogP contribution < -0.4 is 5.56 Å². The Hall–Kier alpha value is -2.24. The van der Waals surface area contributed by atoms with Gasteiger partial charge >= 0.3 is 0 Å². The molecule has 4 aromatic rings. The van der Waals surface area contributed by atoms with Gasteiger partial charge in [-0.2, -0.15) is 0 Å². The molecule has 20 heavy (non-hydrogen) atoms. The Morgan fingerprint density at radius 1 is 1.15 bits per heavy atom. The largest absolute Gasteiger partial charge is 0.389 e. The summed E-state index contributed by atoms with van der Waals surface area (Å²) in [5.41, 5.74) is 0.757. The minimum atomic E-state index is -0.0976. The Balaban J connectivity index is 2.42. The van der Waals surface area contributed by atoms with E-state index in [4.69, 9.17) is 0 Å². The first-order valence-corrected chi connectivity index (χ1v) is 7.03. The maximum Gasteiger partial charge on any atom is 0.256 e. The van der Waals surface area contributed by atoms with Crippen LogP contribution >= 0.6 is 11.3 Å². The number of aromatic nitrogens is 2. The van der Waals surface area contributed by atoms with Crippen molar-refractivity contribution in [3.05, 3.63) is 51.9 Å². The monoisotopic (exact) mass is 282 g/mol. The highest BCUT2D eigenvalue weighted by Gasteiger charge is 2.14. The molecule has 4 nitrogen and oxygen atoms in total. The van der Waals surface area contributed by atoms with Crippen LogP contribution in [0, 0.1) is 0 Å². The van der Waals surface area contributed by atoms with Gasteiger partial charge in [0.15, 0.2) is 0 Å². The van der Waals surface area contributed by atoms with E-state index in [1.807, 2.05) is 30.3 Å². The first-order chi connectivity index (χ1) is 9.79. The highest BCUT2D eigenvalue weighted by molar-refractivity contribution is 7.19. The number of aliphatic hydroxyl groups is 1. The third-order valence-electron chi connectivity index (χ3n) is 3.46. The molecule has 0 unspecified atom stereocenters. The fraction of sp³-hybridized carbons (Fsp3) is 0.0667. The number of H-pyrrole nitrogens is 1. The second kappa shape index (κ2) is 4.13. The minimum absolute atomic E-state index is 0.0850. The summed E-state index contributed by atoms with van der Waals surface area (Å²) in [5.74, 6) is 0. The lowest BCUT2D eigenvalue weighted by Gasteiger charge is -2.04. The van der Waals surface area contributed by atoms with E-state index in [9.17, 15) is 9.90 Å². The first kappa shape index (κ1) is 11.6. The zero-order valence-electron chi connectivity index (χ0n) is 10.4. The number of fused-ring (bicyclic) bond motifs is 6. The van der Waals surface area contributed by atoms with Crippen molar-refractivity contribution < 1.29 is 5.11 Å². The van der Waals surface area contributed by atoms with Crippen molar-refractivity contribution in [2.45, 2.75) is 6.61 Å². The van der Waals surface area contributed by atoms with Gasteiger partial charge in [-0.25, -0.2) is 4.98 Å². The van der Waals surface area contributed by atoms with Gasteiger partial charge < -0.3 is 10.1 Å². The van der Waals surface area contributed by atoms with Crippen LogP contribution in [0.15, 0.2) is 41.3 Å². The first-order valence-electron chi connectivity index (χ1n) is 6.22. The Kier molecular flexibility index (Phi) is 2.39. The number of hydrogen-bond acceptors (Lipinski definition) is 4. The SMILES string of the molecule is O=c1[nH]ccc2c3sc(CO)nc3c3ccccc3c12. The molecule has 2 heterocycles. The van der Waals surface area contributed by atoms with Crippen LogP contribution in [0.5, 0.6) is 0 Å². The molecule has 5 heteroatoms. The highest BCUT2D eigenvalue weighted by atomic mass is 32.1. The molecule has 0 saturated heterocycles. The van der Waals surface area contributed by atoms with Gasteiger partial charge in [-0.3, -0.25) is 4.79 Å². The topological polar surface area (TPSA) is 66.0 Å². The predicted octanol–water partition coefficient (Wildman–Crippen LogP) is 2.78. The summed E-state index contributed by atoms with van der Waals surface area (Å²) in [6.45, 7) is -0.0850. The van der Waals surface area contributed by atoms with Crippen molar-refractivity contribution in [2.24, 2.45) is 0 Å². The van der Waals surface area contributed by atoms with E-state index in [-0.39, 0.29) is 12.2 Å². The number of hydrogen-bond donors (Lipinski definition) is 2. The summed E-state index contributed by atoms with van der Waals surface area (Å²) in [6, 6.07) is 9.64. The van der Waals surface area contributed by atoms with E-state index in [0.717, 1.165) is 26.4 Å². The number of rotatable bonds is 1. The van der Waals surface area contributed by atoms with Crippen molar-refractivity contribution in [3.8, 4) is 0 Å². The second-order valence-electron chi connectivity index (χ2n) is 4.58. The smallest absolute Gasteiger partial charge is 0.256 e. The van der Waals surface area contributed by atoms with Gasteiger partial charge in [0.05, 0.1) is 22.2 Å². The van der Waals surface area contributed by atoms with Crippen LogP contribution in [0.1, 0.15) is 5.01 Å². The summed E-state index contributed by atoms with van der Waals surface area (Å²) in [4.78, 5) is 19.4. The number of aliphatic hydroxyl groups excluding tert-OH is 1. The number of aromatic amines is 1.